The van der Waals surface area contributed by atoms with Gasteiger partial charge in [-0.3, -0.25) is 14.4 Å². The molecule has 9 rings (SSSR count). The first-order chi connectivity index (χ1) is 23.3. The van der Waals surface area contributed by atoms with Crippen molar-refractivity contribution in [1.29, 1.82) is 0 Å². The van der Waals surface area contributed by atoms with Crippen molar-refractivity contribution in [3.05, 3.63) is 146 Å². The lowest BCUT2D eigenvalue weighted by atomic mass is 9.98. The molecule has 0 saturated heterocycles. The van der Waals surface area contributed by atoms with Gasteiger partial charge in [0.1, 0.15) is 11.2 Å². The average molecular weight is 605 g/mol. The largest absolute Gasteiger partial charge is 0.298 e. The molecule has 47 heavy (non-hydrogen) atoms. The van der Waals surface area contributed by atoms with E-state index < -0.39 is 0 Å². The highest BCUT2D eigenvalue weighted by Crippen LogP contribution is 2.35. The average Bonchev–Trinajstić information content (AvgIpc) is 3.55. The second kappa shape index (κ2) is 11.0. The Kier molecular flexibility index (Phi) is 6.28. The maximum Gasteiger partial charge on any atom is 0.165 e. The molecule has 6 aromatic heterocycles. The number of para-hydroxylation sites is 1. The van der Waals surface area contributed by atoms with E-state index in [1.807, 2.05) is 79.0 Å². The van der Waals surface area contributed by atoms with Crippen molar-refractivity contribution in [2.75, 3.05) is 0 Å². The van der Waals surface area contributed by atoms with Crippen LogP contribution in [-0.4, -0.2) is 39.3 Å². The Morgan fingerprint density at radius 1 is 0.447 bits per heavy atom. The third kappa shape index (κ3) is 4.76. The molecule has 0 radical (unpaired) electrons. The zero-order valence-electron chi connectivity index (χ0n) is 24.9. The Bertz CT molecular complexity index is 2520. The molecule has 6 heterocycles. The Morgan fingerprint density at radius 3 is 1.74 bits per heavy atom. The minimum Gasteiger partial charge on any atom is -0.298 e. The number of rotatable bonds is 5. The number of aromatic nitrogens is 8. The van der Waals surface area contributed by atoms with Gasteiger partial charge in [-0.05, 0) is 65.7 Å². The minimum absolute atomic E-state index is 0.550. The second-order valence-electron chi connectivity index (χ2n) is 11.2. The van der Waals surface area contributed by atoms with Crippen molar-refractivity contribution in [1.82, 2.24) is 39.3 Å². The van der Waals surface area contributed by atoms with E-state index in [0.717, 1.165) is 66.7 Å². The van der Waals surface area contributed by atoms with Gasteiger partial charge < -0.3 is 0 Å². The van der Waals surface area contributed by atoms with Gasteiger partial charge in [-0.15, -0.1) is 0 Å². The summed E-state index contributed by atoms with van der Waals surface area (Å²) in [4.78, 5) is 33.3. The number of nitrogens with zero attached hydrogens (tertiary/aromatic N) is 8. The molecule has 0 fully saturated rings. The van der Waals surface area contributed by atoms with Gasteiger partial charge in [-0.1, -0.05) is 60.7 Å². The highest BCUT2D eigenvalue weighted by atomic mass is 15.0. The van der Waals surface area contributed by atoms with E-state index in [4.69, 9.17) is 24.9 Å². The minimum atomic E-state index is 0.550. The van der Waals surface area contributed by atoms with Crippen LogP contribution in [0.25, 0.3) is 84.1 Å². The SMILES string of the molecule is c1cncc(-c2nc(-c3cccnc3)nc(-c3cccc(-c4cccc(-c5nc6ccccc6c6nc7ccccn7c56)c4)c3)n2)c1. The van der Waals surface area contributed by atoms with Gasteiger partial charge in [0.15, 0.2) is 17.5 Å². The molecule has 8 nitrogen and oxygen atoms in total. The number of imidazole rings is 1. The number of pyridine rings is 4. The lowest BCUT2D eigenvalue weighted by Crippen LogP contribution is -2.00. The van der Waals surface area contributed by atoms with Crippen molar-refractivity contribution >= 4 is 27.6 Å². The van der Waals surface area contributed by atoms with E-state index in [1.165, 1.54) is 0 Å². The van der Waals surface area contributed by atoms with E-state index in [0.29, 0.717) is 17.5 Å². The molecular weight excluding hydrogens is 580 g/mol. The lowest BCUT2D eigenvalue weighted by Gasteiger charge is -2.11. The molecule has 220 valence electrons. The Balaban J connectivity index is 1.18. The molecule has 3 aromatic carbocycles. The van der Waals surface area contributed by atoms with Gasteiger partial charge in [-0.2, -0.15) is 0 Å². The predicted octanol–water partition coefficient (Wildman–Crippen LogP) is 8.35. The van der Waals surface area contributed by atoms with Crippen molar-refractivity contribution in [3.63, 3.8) is 0 Å². The van der Waals surface area contributed by atoms with Crippen LogP contribution in [0.3, 0.4) is 0 Å². The zero-order valence-corrected chi connectivity index (χ0v) is 24.9. The van der Waals surface area contributed by atoms with E-state index >= 15 is 0 Å². The molecule has 0 spiro atoms. The Labute approximate surface area is 269 Å². The Hall–Kier alpha value is -6.67. The van der Waals surface area contributed by atoms with Crippen LogP contribution in [0.4, 0.5) is 0 Å². The summed E-state index contributed by atoms with van der Waals surface area (Å²) in [6.45, 7) is 0. The van der Waals surface area contributed by atoms with Gasteiger partial charge in [0.2, 0.25) is 0 Å². The standard InChI is InChI=1S/C39H24N8/c1-2-16-32-31(15-1)35-36(47-20-4-3-17-33(47)43-35)34(42-32)27-11-5-9-25(21-27)26-10-6-12-28(22-26)37-44-38(29-13-7-18-40-23-29)46-39(45-37)30-14-8-19-41-24-30/h1-24H. The molecule has 8 heteroatoms. The summed E-state index contributed by atoms with van der Waals surface area (Å²) in [6, 6.07) is 38.7. The summed E-state index contributed by atoms with van der Waals surface area (Å²) < 4.78 is 2.12. The quantitative estimate of drug-likeness (QED) is 0.195. The number of hydrogen-bond donors (Lipinski definition) is 0. The van der Waals surface area contributed by atoms with Crippen molar-refractivity contribution in [2.24, 2.45) is 0 Å². The molecule has 0 atom stereocenters. The van der Waals surface area contributed by atoms with Crippen molar-refractivity contribution in [2.45, 2.75) is 0 Å². The second-order valence-corrected chi connectivity index (χ2v) is 11.2. The summed E-state index contributed by atoms with van der Waals surface area (Å²) in [5.41, 5.74) is 10.2. The van der Waals surface area contributed by atoms with Gasteiger partial charge in [0.05, 0.1) is 16.7 Å². The van der Waals surface area contributed by atoms with Crippen LogP contribution < -0.4 is 0 Å². The summed E-state index contributed by atoms with van der Waals surface area (Å²) in [6.07, 6.45) is 9.04. The maximum absolute atomic E-state index is 5.17. The lowest BCUT2D eigenvalue weighted by molar-refractivity contribution is 1.07. The van der Waals surface area contributed by atoms with E-state index in [-0.39, 0.29) is 0 Å². The molecule has 0 unspecified atom stereocenters. The van der Waals surface area contributed by atoms with Gasteiger partial charge in [-0.25, -0.2) is 24.9 Å². The Morgan fingerprint density at radius 2 is 1.04 bits per heavy atom. The van der Waals surface area contributed by atoms with Crippen LogP contribution in [-0.2, 0) is 0 Å². The van der Waals surface area contributed by atoms with E-state index in [1.54, 1.807) is 24.8 Å². The highest BCUT2D eigenvalue weighted by molar-refractivity contribution is 6.09. The van der Waals surface area contributed by atoms with Crippen LogP contribution in [0.15, 0.2) is 146 Å². The summed E-state index contributed by atoms with van der Waals surface area (Å²) in [7, 11) is 0. The monoisotopic (exact) mass is 604 g/mol. The van der Waals surface area contributed by atoms with Crippen LogP contribution in [0, 0.1) is 0 Å². The summed E-state index contributed by atoms with van der Waals surface area (Å²) >= 11 is 0. The molecule has 0 aliphatic heterocycles. The smallest absolute Gasteiger partial charge is 0.165 e. The fourth-order valence-electron chi connectivity index (χ4n) is 5.99. The highest BCUT2D eigenvalue weighted by Gasteiger charge is 2.17. The molecule has 0 amide bonds. The summed E-state index contributed by atoms with van der Waals surface area (Å²) in [5.74, 6) is 1.67. The number of benzene rings is 3. The number of fused-ring (bicyclic) bond motifs is 5. The van der Waals surface area contributed by atoms with Crippen molar-refractivity contribution in [3.8, 4) is 56.5 Å². The molecule has 0 N–H and O–H groups in total. The normalized spacial score (nSPS) is 11.4. The van der Waals surface area contributed by atoms with E-state index in [9.17, 15) is 0 Å². The first-order valence-corrected chi connectivity index (χ1v) is 15.2. The van der Waals surface area contributed by atoms with Crippen LogP contribution in [0.2, 0.25) is 0 Å². The molecule has 0 saturated carbocycles. The van der Waals surface area contributed by atoms with Gasteiger partial charge in [0.25, 0.3) is 0 Å². The molecule has 0 aliphatic rings. The zero-order chi connectivity index (χ0) is 31.2. The molecule has 9 aromatic rings. The molecular formula is C39H24N8. The van der Waals surface area contributed by atoms with Gasteiger partial charge in [0, 0.05) is 58.6 Å². The van der Waals surface area contributed by atoms with Crippen LogP contribution in [0.1, 0.15) is 0 Å². The fraction of sp³-hybridized carbons (Fsp3) is 0. The third-order valence-corrected chi connectivity index (χ3v) is 8.21. The van der Waals surface area contributed by atoms with E-state index in [2.05, 4.69) is 56.8 Å². The first kappa shape index (κ1) is 26.7. The van der Waals surface area contributed by atoms with Crippen LogP contribution in [0.5, 0.6) is 0 Å². The molecule has 0 aliphatic carbocycles. The topological polar surface area (TPSA) is 94.6 Å². The first-order valence-electron chi connectivity index (χ1n) is 15.2. The van der Waals surface area contributed by atoms with Crippen molar-refractivity contribution < 1.29 is 0 Å². The third-order valence-electron chi connectivity index (χ3n) is 8.21. The van der Waals surface area contributed by atoms with Crippen LogP contribution >= 0.6 is 0 Å². The summed E-state index contributed by atoms with van der Waals surface area (Å²) in [5, 5.41) is 1.03. The fourth-order valence-corrected chi connectivity index (χ4v) is 5.99. The molecule has 0 bridgehead atoms. The van der Waals surface area contributed by atoms with Gasteiger partial charge >= 0.3 is 0 Å². The maximum atomic E-state index is 5.17. The number of hydrogen-bond acceptors (Lipinski definition) is 7. The predicted molar refractivity (Wildman–Crippen MR) is 184 cm³/mol.